The molecule has 0 aliphatic carbocycles. The zero-order valence-electron chi connectivity index (χ0n) is 12.9. The van der Waals surface area contributed by atoms with Gasteiger partial charge < -0.3 is 9.73 Å². The highest BCUT2D eigenvalue weighted by atomic mass is 35.5. The zero-order valence-corrected chi connectivity index (χ0v) is 16.0. The van der Waals surface area contributed by atoms with E-state index in [-0.39, 0.29) is 32.2 Å². The van der Waals surface area contributed by atoms with Crippen molar-refractivity contribution in [2.45, 2.75) is 22.8 Å². The molecule has 1 N–H and O–H groups in total. The van der Waals surface area contributed by atoms with E-state index in [1.54, 1.807) is 24.3 Å². The Kier molecular flexibility index (Phi) is 5.06. The number of fused-ring (bicyclic) bond motifs is 3. The van der Waals surface area contributed by atoms with Crippen molar-refractivity contribution in [2.75, 3.05) is 6.54 Å². The molecule has 25 heavy (non-hydrogen) atoms. The van der Waals surface area contributed by atoms with E-state index in [1.165, 1.54) is 12.1 Å². The Balaban J connectivity index is 0.00000182. The standard InChI is InChI=1S/C17H13Cl2NO3S.ClH/c18-13-3-1-2-4-16(13)24(21,22)10-7-11-12-9-20-6-5-15(12)23-17(11)14(19)8-10;/h1-4,7-8,20H,5-6,9H2;1H. The first kappa shape index (κ1) is 18.5. The van der Waals surface area contributed by atoms with E-state index < -0.39 is 9.84 Å². The van der Waals surface area contributed by atoms with Crippen LogP contribution in [0.25, 0.3) is 11.0 Å². The molecule has 0 fully saturated rings. The van der Waals surface area contributed by atoms with Gasteiger partial charge in [0.25, 0.3) is 0 Å². The summed E-state index contributed by atoms with van der Waals surface area (Å²) in [5.41, 5.74) is 1.50. The first-order chi connectivity index (χ1) is 11.5. The molecule has 2 heterocycles. The summed E-state index contributed by atoms with van der Waals surface area (Å²) in [7, 11) is -3.77. The zero-order chi connectivity index (χ0) is 16.9. The number of halogens is 3. The van der Waals surface area contributed by atoms with Crippen molar-refractivity contribution in [3.05, 3.63) is 57.8 Å². The van der Waals surface area contributed by atoms with E-state index in [0.29, 0.717) is 12.1 Å². The van der Waals surface area contributed by atoms with Crippen LogP contribution in [0.4, 0.5) is 0 Å². The second-order valence-corrected chi connectivity index (χ2v) is 8.38. The maximum Gasteiger partial charge on any atom is 0.208 e. The Morgan fingerprint density at radius 3 is 2.60 bits per heavy atom. The first-order valence-corrected chi connectivity index (χ1v) is 9.66. The third kappa shape index (κ3) is 3.04. The predicted octanol–water partition coefficient (Wildman–Crippen LogP) is 4.64. The molecule has 1 aliphatic heterocycles. The highest BCUT2D eigenvalue weighted by Crippen LogP contribution is 2.37. The lowest BCUT2D eigenvalue weighted by molar-refractivity contribution is 0.500. The molecule has 4 nitrogen and oxygen atoms in total. The summed E-state index contributed by atoms with van der Waals surface area (Å²) in [6.45, 7) is 1.46. The van der Waals surface area contributed by atoms with Crippen molar-refractivity contribution in [1.82, 2.24) is 5.32 Å². The second kappa shape index (κ2) is 6.82. The highest BCUT2D eigenvalue weighted by molar-refractivity contribution is 7.91. The fourth-order valence-corrected chi connectivity index (χ4v) is 5.13. The minimum absolute atomic E-state index is 0. The van der Waals surface area contributed by atoms with Gasteiger partial charge in [0.2, 0.25) is 9.84 Å². The molecule has 8 heteroatoms. The summed E-state index contributed by atoms with van der Waals surface area (Å²) in [4.78, 5) is 0.180. The maximum absolute atomic E-state index is 13.0. The van der Waals surface area contributed by atoms with Gasteiger partial charge in [-0.3, -0.25) is 0 Å². The van der Waals surface area contributed by atoms with Crippen LogP contribution in [-0.2, 0) is 22.8 Å². The van der Waals surface area contributed by atoms with Crippen molar-refractivity contribution in [1.29, 1.82) is 0 Å². The lowest BCUT2D eigenvalue weighted by Gasteiger charge is -2.11. The quantitative estimate of drug-likeness (QED) is 0.658. The fourth-order valence-electron chi connectivity index (χ4n) is 2.99. The smallest absolute Gasteiger partial charge is 0.208 e. The molecule has 3 aromatic rings. The Bertz CT molecular complexity index is 1060. The predicted molar refractivity (Wildman–Crippen MR) is 101 cm³/mol. The molecule has 0 amide bonds. The minimum Gasteiger partial charge on any atom is -0.459 e. The van der Waals surface area contributed by atoms with E-state index in [9.17, 15) is 8.42 Å². The molecule has 0 spiro atoms. The Labute approximate surface area is 161 Å². The van der Waals surface area contributed by atoms with E-state index in [4.69, 9.17) is 27.6 Å². The van der Waals surface area contributed by atoms with Crippen LogP contribution in [0.2, 0.25) is 10.0 Å². The summed E-state index contributed by atoms with van der Waals surface area (Å²) >= 11 is 12.4. The van der Waals surface area contributed by atoms with Crippen LogP contribution in [0.3, 0.4) is 0 Å². The average molecular weight is 419 g/mol. The lowest BCUT2D eigenvalue weighted by atomic mass is 10.1. The van der Waals surface area contributed by atoms with Crippen LogP contribution in [0.5, 0.6) is 0 Å². The van der Waals surface area contributed by atoms with Gasteiger partial charge in [0, 0.05) is 30.5 Å². The Hall–Kier alpha value is -1.24. The number of nitrogens with one attached hydrogen (secondary N) is 1. The number of furan rings is 1. The fraction of sp³-hybridized carbons (Fsp3) is 0.176. The van der Waals surface area contributed by atoms with E-state index >= 15 is 0 Å². The van der Waals surface area contributed by atoms with Gasteiger partial charge in [0.1, 0.15) is 5.76 Å². The van der Waals surface area contributed by atoms with Crippen molar-refractivity contribution in [3.63, 3.8) is 0 Å². The van der Waals surface area contributed by atoms with Gasteiger partial charge in [-0.1, -0.05) is 35.3 Å². The third-order valence-electron chi connectivity index (χ3n) is 4.17. The molecule has 0 radical (unpaired) electrons. The lowest BCUT2D eigenvalue weighted by Crippen LogP contribution is -2.22. The van der Waals surface area contributed by atoms with Gasteiger partial charge in [0.15, 0.2) is 5.58 Å². The maximum atomic E-state index is 13.0. The highest BCUT2D eigenvalue weighted by Gasteiger charge is 2.25. The van der Waals surface area contributed by atoms with Crippen molar-refractivity contribution in [3.8, 4) is 0 Å². The van der Waals surface area contributed by atoms with Gasteiger partial charge in [-0.25, -0.2) is 8.42 Å². The van der Waals surface area contributed by atoms with Gasteiger partial charge in [-0.2, -0.15) is 0 Å². The van der Waals surface area contributed by atoms with Crippen LogP contribution in [0.15, 0.2) is 50.6 Å². The molecule has 0 unspecified atom stereocenters. The molecule has 1 aromatic heterocycles. The largest absolute Gasteiger partial charge is 0.459 e. The molecule has 132 valence electrons. The van der Waals surface area contributed by atoms with Crippen molar-refractivity contribution < 1.29 is 12.8 Å². The van der Waals surface area contributed by atoms with E-state index in [0.717, 1.165) is 29.7 Å². The topological polar surface area (TPSA) is 59.3 Å². The van der Waals surface area contributed by atoms with Gasteiger partial charge in [0.05, 0.1) is 19.8 Å². The minimum atomic E-state index is -3.77. The number of hydrogen-bond acceptors (Lipinski definition) is 4. The van der Waals surface area contributed by atoms with Crippen molar-refractivity contribution >= 4 is 56.4 Å². The summed E-state index contributed by atoms with van der Waals surface area (Å²) in [5.74, 6) is 0.859. The van der Waals surface area contributed by atoms with Crippen LogP contribution in [0, 0.1) is 0 Å². The summed E-state index contributed by atoms with van der Waals surface area (Å²) < 4.78 is 31.7. The molecular weight excluding hydrogens is 405 g/mol. The Morgan fingerprint density at radius 2 is 1.84 bits per heavy atom. The summed E-state index contributed by atoms with van der Waals surface area (Å²) in [5, 5.41) is 4.47. The Morgan fingerprint density at radius 1 is 1.08 bits per heavy atom. The molecule has 0 saturated heterocycles. The molecule has 0 atom stereocenters. The van der Waals surface area contributed by atoms with Gasteiger partial charge >= 0.3 is 0 Å². The molecule has 4 rings (SSSR count). The van der Waals surface area contributed by atoms with Crippen molar-refractivity contribution in [2.24, 2.45) is 0 Å². The number of benzene rings is 2. The molecular formula is C17H14Cl3NO3S. The van der Waals surface area contributed by atoms with Gasteiger partial charge in [-0.05, 0) is 24.3 Å². The molecule has 0 saturated carbocycles. The van der Waals surface area contributed by atoms with Crippen LogP contribution in [0.1, 0.15) is 11.3 Å². The summed E-state index contributed by atoms with van der Waals surface area (Å²) in [6.07, 6.45) is 0.757. The average Bonchev–Trinajstić information content (AvgIpc) is 2.94. The molecule has 2 aromatic carbocycles. The normalized spacial score (nSPS) is 14.2. The molecule has 0 bridgehead atoms. The SMILES string of the molecule is Cl.O=S(=O)(c1cc(Cl)c2oc3c(c2c1)CNCC3)c1ccccc1Cl. The van der Waals surface area contributed by atoms with Crippen LogP contribution in [-0.4, -0.2) is 15.0 Å². The number of hydrogen-bond donors (Lipinski definition) is 1. The van der Waals surface area contributed by atoms with E-state index in [2.05, 4.69) is 5.32 Å². The second-order valence-electron chi connectivity index (χ2n) is 5.65. The summed E-state index contributed by atoms with van der Waals surface area (Å²) in [6, 6.07) is 9.42. The van der Waals surface area contributed by atoms with Crippen LogP contribution < -0.4 is 5.32 Å². The molecule has 1 aliphatic rings. The number of sulfone groups is 1. The number of rotatable bonds is 2. The first-order valence-electron chi connectivity index (χ1n) is 7.42. The monoisotopic (exact) mass is 417 g/mol. The third-order valence-corrected chi connectivity index (χ3v) is 6.68. The van der Waals surface area contributed by atoms with E-state index in [1.807, 2.05) is 0 Å². The van der Waals surface area contributed by atoms with Gasteiger partial charge in [-0.15, -0.1) is 12.4 Å². The van der Waals surface area contributed by atoms with Crippen LogP contribution >= 0.6 is 35.6 Å².